The van der Waals surface area contributed by atoms with E-state index in [0.717, 1.165) is 28.6 Å². The Labute approximate surface area is 94.5 Å². The van der Waals surface area contributed by atoms with Crippen molar-refractivity contribution >= 4 is 23.4 Å². The molecular formula is C10H15ClN2S. The van der Waals surface area contributed by atoms with E-state index in [1.54, 1.807) is 0 Å². The van der Waals surface area contributed by atoms with Crippen LogP contribution in [0.25, 0.3) is 0 Å². The van der Waals surface area contributed by atoms with Crippen LogP contribution < -0.4 is 0 Å². The van der Waals surface area contributed by atoms with Gasteiger partial charge >= 0.3 is 0 Å². The molecular weight excluding hydrogens is 216 g/mol. The predicted octanol–water partition coefficient (Wildman–Crippen LogP) is 3.39. The number of aryl methyl sites for hydroxylation is 1. The van der Waals surface area contributed by atoms with Crippen LogP contribution >= 0.6 is 23.4 Å². The Kier molecular flexibility index (Phi) is 4.69. The lowest BCUT2D eigenvalue weighted by Gasteiger charge is -2.05. The Balaban J connectivity index is 2.69. The molecule has 2 nitrogen and oxygen atoms in total. The first kappa shape index (κ1) is 11.8. The van der Waals surface area contributed by atoms with Crippen LogP contribution in [0.2, 0.25) is 5.15 Å². The van der Waals surface area contributed by atoms with Crippen LogP contribution in [0.5, 0.6) is 0 Å². The van der Waals surface area contributed by atoms with Gasteiger partial charge < -0.3 is 0 Å². The van der Waals surface area contributed by atoms with Gasteiger partial charge in [-0.15, -0.1) is 0 Å². The van der Waals surface area contributed by atoms with E-state index >= 15 is 0 Å². The summed E-state index contributed by atoms with van der Waals surface area (Å²) in [6.07, 6.45) is 1.18. The molecule has 0 aliphatic carbocycles. The molecule has 0 amide bonds. The van der Waals surface area contributed by atoms with Crippen LogP contribution in [0.3, 0.4) is 0 Å². The van der Waals surface area contributed by atoms with E-state index in [0.29, 0.717) is 5.15 Å². The van der Waals surface area contributed by atoms with Crippen molar-refractivity contribution in [1.29, 1.82) is 0 Å². The average molecular weight is 231 g/mol. The zero-order valence-corrected chi connectivity index (χ0v) is 10.4. The van der Waals surface area contributed by atoms with Crippen LogP contribution in [0.1, 0.15) is 30.4 Å². The summed E-state index contributed by atoms with van der Waals surface area (Å²) in [5.41, 5.74) is 1.97. The minimum Gasteiger partial charge on any atom is -0.237 e. The van der Waals surface area contributed by atoms with E-state index < -0.39 is 0 Å². The summed E-state index contributed by atoms with van der Waals surface area (Å²) in [6.45, 7) is 6.08. The second kappa shape index (κ2) is 5.56. The van der Waals surface area contributed by atoms with Gasteiger partial charge in [0.25, 0.3) is 0 Å². The van der Waals surface area contributed by atoms with Crippen LogP contribution in [-0.4, -0.2) is 15.7 Å². The summed E-state index contributed by atoms with van der Waals surface area (Å²) >= 11 is 7.82. The van der Waals surface area contributed by atoms with Gasteiger partial charge in [0.15, 0.2) is 0 Å². The third kappa shape index (κ3) is 3.14. The van der Waals surface area contributed by atoms with Gasteiger partial charge in [0.2, 0.25) is 0 Å². The van der Waals surface area contributed by atoms with Crippen LogP contribution in [0.4, 0.5) is 0 Å². The van der Waals surface area contributed by atoms with Gasteiger partial charge in [-0.25, -0.2) is 9.97 Å². The summed E-state index contributed by atoms with van der Waals surface area (Å²) < 4.78 is 0. The molecule has 0 aliphatic rings. The number of aromatic nitrogens is 2. The van der Waals surface area contributed by atoms with Crippen molar-refractivity contribution in [3.05, 3.63) is 22.2 Å². The van der Waals surface area contributed by atoms with Gasteiger partial charge in [-0.3, -0.25) is 0 Å². The topological polar surface area (TPSA) is 25.8 Å². The molecule has 0 aliphatic heterocycles. The van der Waals surface area contributed by atoms with Gasteiger partial charge in [0, 0.05) is 11.3 Å². The highest BCUT2D eigenvalue weighted by Gasteiger charge is 2.05. The maximum Gasteiger partial charge on any atom is 0.140 e. The molecule has 14 heavy (non-hydrogen) atoms. The Bertz CT molecular complexity index is 292. The molecule has 0 spiro atoms. The second-order valence-corrected chi connectivity index (χ2v) is 4.66. The minimum absolute atomic E-state index is 0.588. The fourth-order valence-corrected chi connectivity index (χ4v) is 2.00. The first-order valence-electron chi connectivity index (χ1n) is 4.72. The molecule has 0 bridgehead atoms. The first-order valence-corrected chi connectivity index (χ1v) is 6.25. The van der Waals surface area contributed by atoms with Gasteiger partial charge in [-0.2, -0.15) is 11.8 Å². The zero-order valence-electron chi connectivity index (χ0n) is 8.80. The standard InChI is InChI=1S/C10H15ClN2S/c1-4-5-14-6-9-12-8(3)7(2)10(11)13-9/h4-6H2,1-3H3. The lowest BCUT2D eigenvalue weighted by atomic mass is 10.3. The van der Waals surface area contributed by atoms with E-state index in [1.165, 1.54) is 6.42 Å². The van der Waals surface area contributed by atoms with Crippen molar-refractivity contribution in [2.75, 3.05) is 5.75 Å². The minimum atomic E-state index is 0.588. The Morgan fingerprint density at radius 1 is 1.29 bits per heavy atom. The number of rotatable bonds is 4. The number of thioether (sulfide) groups is 1. The maximum atomic E-state index is 5.97. The monoisotopic (exact) mass is 230 g/mol. The van der Waals surface area contributed by atoms with Gasteiger partial charge in [-0.05, 0) is 26.0 Å². The molecule has 0 unspecified atom stereocenters. The fourth-order valence-electron chi connectivity index (χ4n) is 1.02. The summed E-state index contributed by atoms with van der Waals surface area (Å²) in [5.74, 6) is 2.85. The van der Waals surface area contributed by atoms with Crippen LogP contribution in [-0.2, 0) is 5.75 Å². The lowest BCUT2D eigenvalue weighted by molar-refractivity contribution is 0.971. The number of nitrogens with zero attached hydrogens (tertiary/aromatic N) is 2. The molecule has 1 rings (SSSR count). The SMILES string of the molecule is CCCSCc1nc(C)c(C)c(Cl)n1. The van der Waals surface area contributed by atoms with Crippen molar-refractivity contribution < 1.29 is 0 Å². The third-order valence-electron chi connectivity index (χ3n) is 1.96. The van der Waals surface area contributed by atoms with Crippen molar-refractivity contribution in [3.63, 3.8) is 0 Å². The summed E-state index contributed by atoms with van der Waals surface area (Å²) in [7, 11) is 0. The number of halogens is 1. The maximum absolute atomic E-state index is 5.97. The molecule has 1 heterocycles. The molecule has 1 aromatic rings. The molecule has 0 radical (unpaired) electrons. The zero-order chi connectivity index (χ0) is 10.6. The van der Waals surface area contributed by atoms with E-state index in [-0.39, 0.29) is 0 Å². The molecule has 1 aromatic heterocycles. The van der Waals surface area contributed by atoms with E-state index in [2.05, 4.69) is 16.9 Å². The molecule has 78 valence electrons. The normalized spacial score (nSPS) is 10.6. The highest BCUT2D eigenvalue weighted by atomic mass is 35.5. The highest BCUT2D eigenvalue weighted by Crippen LogP contribution is 2.17. The van der Waals surface area contributed by atoms with Crippen LogP contribution in [0.15, 0.2) is 0 Å². The van der Waals surface area contributed by atoms with E-state index in [4.69, 9.17) is 11.6 Å². The molecule has 0 N–H and O–H groups in total. The largest absolute Gasteiger partial charge is 0.237 e. The first-order chi connectivity index (χ1) is 6.65. The highest BCUT2D eigenvalue weighted by molar-refractivity contribution is 7.98. The van der Waals surface area contributed by atoms with Gasteiger partial charge in [-0.1, -0.05) is 18.5 Å². The Hall–Kier alpha value is -0.280. The molecule has 0 atom stereocenters. The quantitative estimate of drug-likeness (QED) is 0.586. The fraction of sp³-hybridized carbons (Fsp3) is 0.600. The van der Waals surface area contributed by atoms with Gasteiger partial charge in [0.05, 0.1) is 5.75 Å². The van der Waals surface area contributed by atoms with Crippen molar-refractivity contribution in [2.24, 2.45) is 0 Å². The second-order valence-electron chi connectivity index (χ2n) is 3.19. The molecule has 0 aromatic carbocycles. The summed E-state index contributed by atoms with van der Waals surface area (Å²) in [4.78, 5) is 8.63. The van der Waals surface area contributed by atoms with Crippen LogP contribution in [0, 0.1) is 13.8 Å². The smallest absolute Gasteiger partial charge is 0.140 e. The van der Waals surface area contributed by atoms with E-state index in [1.807, 2.05) is 25.6 Å². The number of hydrogen-bond donors (Lipinski definition) is 0. The lowest BCUT2D eigenvalue weighted by Crippen LogP contribution is -1.99. The van der Waals surface area contributed by atoms with Gasteiger partial charge in [0.1, 0.15) is 11.0 Å². The molecule has 0 fully saturated rings. The average Bonchev–Trinajstić information content (AvgIpc) is 2.14. The predicted molar refractivity (Wildman–Crippen MR) is 63.0 cm³/mol. The van der Waals surface area contributed by atoms with Crippen molar-refractivity contribution in [2.45, 2.75) is 32.9 Å². The number of hydrogen-bond acceptors (Lipinski definition) is 3. The molecule has 0 saturated carbocycles. The van der Waals surface area contributed by atoms with E-state index in [9.17, 15) is 0 Å². The third-order valence-corrected chi connectivity index (χ3v) is 3.48. The Morgan fingerprint density at radius 3 is 2.57 bits per heavy atom. The van der Waals surface area contributed by atoms with Crippen molar-refractivity contribution in [1.82, 2.24) is 9.97 Å². The van der Waals surface area contributed by atoms with Crippen molar-refractivity contribution in [3.8, 4) is 0 Å². The Morgan fingerprint density at radius 2 is 2.00 bits per heavy atom. The molecule has 4 heteroatoms. The summed E-state index contributed by atoms with van der Waals surface area (Å²) in [6, 6.07) is 0. The summed E-state index contributed by atoms with van der Waals surface area (Å²) in [5, 5.41) is 0.588. The molecule has 0 saturated heterocycles.